The van der Waals surface area contributed by atoms with Gasteiger partial charge in [-0.15, -0.1) is 0 Å². The Kier molecular flexibility index (Phi) is 5.73. The van der Waals surface area contributed by atoms with Crippen LogP contribution in [0.3, 0.4) is 0 Å². The molecule has 0 atom stereocenters. The summed E-state index contributed by atoms with van der Waals surface area (Å²) in [6, 6.07) is 0. The monoisotopic (exact) mass is 394 g/mol. The Morgan fingerprint density at radius 2 is 1.95 bits per heavy atom. The number of hydrogen-bond acceptors (Lipinski definition) is 3. The van der Waals surface area contributed by atoms with E-state index in [0.717, 1.165) is 18.2 Å². The minimum atomic E-state index is -0.642. The van der Waals surface area contributed by atoms with Gasteiger partial charge in [0.05, 0.1) is 15.6 Å². The predicted molar refractivity (Wildman–Crippen MR) is 81.9 cm³/mol. The molecule has 1 aromatic heterocycles. The third kappa shape index (κ3) is 3.66. The van der Waals surface area contributed by atoms with E-state index >= 15 is 0 Å². The molecule has 0 aliphatic carbocycles. The first kappa shape index (κ1) is 16.4. The number of halogens is 2. The maximum atomic E-state index is 11.6. The van der Waals surface area contributed by atoms with Crippen LogP contribution in [-0.2, 0) is 6.54 Å². The second-order valence-corrected chi connectivity index (χ2v) is 6.01. The maximum Gasteiger partial charge on any atom is 0.333 e. The molecule has 0 saturated carbocycles. The van der Waals surface area contributed by atoms with Crippen LogP contribution in [-0.4, -0.2) is 14.8 Å². The highest BCUT2D eigenvalue weighted by Gasteiger charge is 2.26. The van der Waals surface area contributed by atoms with E-state index in [0.29, 0.717) is 6.54 Å². The van der Waals surface area contributed by atoms with Gasteiger partial charge in [0.1, 0.15) is 0 Å². The van der Waals surface area contributed by atoms with Gasteiger partial charge in [0.2, 0.25) is 0 Å². The van der Waals surface area contributed by atoms with Crippen molar-refractivity contribution in [3.8, 4) is 0 Å². The lowest BCUT2D eigenvalue weighted by atomic mass is 9.84. The van der Waals surface area contributed by atoms with Gasteiger partial charge < -0.3 is 4.57 Å². The fraction of sp³-hybridized carbons (Fsp3) is 0.583. The Hall–Kier alpha value is -0.690. The van der Waals surface area contributed by atoms with Crippen LogP contribution in [0.25, 0.3) is 0 Å². The normalized spacial score (nSPS) is 11.6. The molecule has 0 amide bonds. The molecular weight excluding hydrogens is 380 g/mol. The van der Waals surface area contributed by atoms with Crippen LogP contribution >= 0.6 is 31.9 Å². The van der Waals surface area contributed by atoms with Crippen molar-refractivity contribution in [1.82, 2.24) is 4.57 Å². The molecule has 0 aliphatic heterocycles. The minimum absolute atomic E-state index is 0.0301. The van der Waals surface area contributed by atoms with E-state index in [9.17, 15) is 14.9 Å². The van der Waals surface area contributed by atoms with Crippen LogP contribution in [0.5, 0.6) is 0 Å². The Bertz CT molecular complexity index is 516. The quantitative estimate of drug-likeness (QED) is 0.418. The second-order valence-electron chi connectivity index (χ2n) is 4.59. The largest absolute Gasteiger partial charge is 0.346 e. The molecule has 0 fully saturated rings. The second kappa shape index (κ2) is 6.65. The highest BCUT2D eigenvalue weighted by atomic mass is 79.9. The number of aromatic nitrogens is 1. The van der Waals surface area contributed by atoms with Crippen molar-refractivity contribution in [1.29, 1.82) is 0 Å². The fourth-order valence-electron chi connectivity index (χ4n) is 1.89. The fourth-order valence-corrected chi connectivity index (χ4v) is 3.33. The Balaban J connectivity index is 3.22. The summed E-state index contributed by atoms with van der Waals surface area (Å²) >= 11 is 6.60. The summed E-state index contributed by atoms with van der Waals surface area (Å²) in [6.07, 6.45) is 4.83. The van der Waals surface area contributed by atoms with Crippen LogP contribution in [0.4, 0.5) is 5.69 Å². The molecule has 0 unspecified atom stereocenters. The average molecular weight is 396 g/mol. The average Bonchev–Trinajstić information content (AvgIpc) is 2.39. The van der Waals surface area contributed by atoms with Crippen LogP contribution in [0.2, 0.25) is 0 Å². The van der Waals surface area contributed by atoms with E-state index in [1.165, 1.54) is 6.20 Å². The van der Waals surface area contributed by atoms with Crippen LogP contribution in [0.1, 0.15) is 26.7 Å². The molecule has 1 heterocycles. The first-order valence-corrected chi connectivity index (χ1v) is 7.90. The van der Waals surface area contributed by atoms with E-state index in [2.05, 4.69) is 45.7 Å². The summed E-state index contributed by atoms with van der Waals surface area (Å²) < 4.78 is 1.94. The Morgan fingerprint density at radius 1 is 1.37 bits per heavy atom. The van der Waals surface area contributed by atoms with Gasteiger partial charge in [-0.1, -0.05) is 29.8 Å². The topological polar surface area (TPSA) is 65.1 Å². The van der Waals surface area contributed by atoms with Crippen molar-refractivity contribution < 1.29 is 4.92 Å². The summed E-state index contributed by atoms with van der Waals surface area (Å²) in [7, 11) is 0. The molecular formula is C12H16Br2N2O3. The van der Waals surface area contributed by atoms with Gasteiger partial charge >= 0.3 is 5.69 Å². The molecule has 0 spiro atoms. The number of hydrogen-bond donors (Lipinski definition) is 0. The van der Waals surface area contributed by atoms with Crippen LogP contribution in [0.15, 0.2) is 21.7 Å². The minimum Gasteiger partial charge on any atom is -0.346 e. The molecule has 106 valence electrons. The smallest absolute Gasteiger partial charge is 0.333 e. The summed E-state index contributed by atoms with van der Waals surface area (Å²) in [5, 5.41) is 11.7. The summed E-state index contributed by atoms with van der Waals surface area (Å²) in [5.74, 6) is 0. The predicted octanol–water partition coefficient (Wildman–Crippen LogP) is 3.72. The van der Waals surface area contributed by atoms with Crippen molar-refractivity contribution in [3.05, 3.63) is 37.2 Å². The third-order valence-corrected chi connectivity index (χ3v) is 5.27. The highest BCUT2D eigenvalue weighted by molar-refractivity contribution is 9.10. The SMILES string of the molecule is CCC(CC)(CBr)Cn1cc(Br)c(=O)c([N+](=O)[O-])c1. The van der Waals surface area contributed by atoms with E-state index in [1.807, 2.05) is 0 Å². The van der Waals surface area contributed by atoms with Gasteiger partial charge in [0, 0.05) is 18.1 Å². The molecule has 0 aliphatic rings. The zero-order valence-corrected chi connectivity index (χ0v) is 14.0. The molecule has 19 heavy (non-hydrogen) atoms. The molecule has 0 saturated heterocycles. The summed E-state index contributed by atoms with van der Waals surface area (Å²) in [5.41, 5.74) is -0.953. The van der Waals surface area contributed by atoms with Crippen LogP contribution in [0, 0.1) is 15.5 Å². The first-order chi connectivity index (χ1) is 8.89. The maximum absolute atomic E-state index is 11.6. The van der Waals surface area contributed by atoms with Crippen molar-refractivity contribution in [3.63, 3.8) is 0 Å². The van der Waals surface area contributed by atoms with Gasteiger partial charge in [-0.25, -0.2) is 0 Å². The molecule has 0 bridgehead atoms. The lowest BCUT2D eigenvalue weighted by Crippen LogP contribution is -2.28. The lowest BCUT2D eigenvalue weighted by Gasteiger charge is -2.30. The van der Waals surface area contributed by atoms with E-state index in [-0.39, 0.29) is 9.89 Å². The van der Waals surface area contributed by atoms with Crippen molar-refractivity contribution in [2.75, 3.05) is 5.33 Å². The number of nitro groups is 1. The molecule has 5 nitrogen and oxygen atoms in total. The van der Waals surface area contributed by atoms with Crippen molar-refractivity contribution in [2.45, 2.75) is 33.2 Å². The van der Waals surface area contributed by atoms with Gasteiger partial charge in [-0.3, -0.25) is 14.9 Å². The number of alkyl halides is 1. The number of rotatable bonds is 6. The lowest BCUT2D eigenvalue weighted by molar-refractivity contribution is -0.386. The summed E-state index contributed by atoms with van der Waals surface area (Å²) in [6.45, 7) is 4.82. The standard InChI is InChI=1S/C12H16Br2N2O3/c1-3-12(4-2,7-13)8-15-5-9(14)11(17)10(6-15)16(18)19/h5-6H,3-4,7-8H2,1-2H3. The van der Waals surface area contributed by atoms with Gasteiger partial charge in [0.15, 0.2) is 0 Å². The van der Waals surface area contributed by atoms with Gasteiger partial charge in [-0.2, -0.15) is 0 Å². The van der Waals surface area contributed by atoms with Gasteiger partial charge in [-0.05, 0) is 34.2 Å². The van der Waals surface area contributed by atoms with Crippen molar-refractivity contribution in [2.24, 2.45) is 5.41 Å². The molecule has 0 radical (unpaired) electrons. The Labute approximate surface area is 128 Å². The zero-order valence-electron chi connectivity index (χ0n) is 10.9. The highest BCUT2D eigenvalue weighted by Crippen LogP contribution is 2.31. The molecule has 7 heteroatoms. The molecule has 0 aromatic carbocycles. The van der Waals surface area contributed by atoms with Gasteiger partial charge in [0.25, 0.3) is 5.43 Å². The Morgan fingerprint density at radius 3 is 2.37 bits per heavy atom. The van der Waals surface area contributed by atoms with E-state index in [4.69, 9.17) is 0 Å². The molecule has 0 N–H and O–H groups in total. The zero-order chi connectivity index (χ0) is 14.6. The van der Waals surface area contributed by atoms with Crippen LogP contribution < -0.4 is 5.43 Å². The van der Waals surface area contributed by atoms with E-state index in [1.54, 1.807) is 10.8 Å². The van der Waals surface area contributed by atoms with E-state index < -0.39 is 16.0 Å². The van der Waals surface area contributed by atoms with Crippen molar-refractivity contribution >= 4 is 37.5 Å². The third-order valence-electron chi connectivity index (χ3n) is 3.51. The molecule has 1 rings (SSSR count). The summed E-state index contributed by atoms with van der Waals surface area (Å²) in [4.78, 5) is 21.8. The number of pyridine rings is 1. The first-order valence-electron chi connectivity index (χ1n) is 5.99. The number of nitrogens with zero attached hydrogens (tertiary/aromatic N) is 2. The molecule has 1 aromatic rings.